The molecule has 0 saturated heterocycles. The number of carbonyl (C=O) groups is 2. The van der Waals surface area contributed by atoms with Crippen LogP contribution < -0.4 is 34.7 Å². The van der Waals surface area contributed by atoms with Crippen LogP contribution in [-0.4, -0.2) is 11.8 Å². The normalized spacial score (nSPS) is 10.6. The minimum Gasteiger partial charge on any atom is -0.545 e. The van der Waals surface area contributed by atoms with E-state index in [0.717, 1.165) is 11.1 Å². The topological polar surface area (TPSA) is 57.2 Å². The summed E-state index contributed by atoms with van der Waals surface area (Å²) in [4.78, 5) is 23.9. The van der Waals surface area contributed by atoms with Gasteiger partial charge in [-0.25, -0.2) is 0 Å². The monoisotopic (exact) mass is 338 g/mol. The molecule has 0 aliphatic heterocycles. The fourth-order valence-electron chi connectivity index (χ4n) is 2.80. The van der Waals surface area contributed by atoms with Crippen molar-refractivity contribution < 1.29 is 44.3 Å². The number of ketones is 1. The average molecular weight is 338 g/mol. The van der Waals surface area contributed by atoms with Crippen molar-refractivity contribution in [3.05, 3.63) is 89.0 Å². The van der Waals surface area contributed by atoms with E-state index in [1.54, 1.807) is 18.2 Å². The fraction of sp³-hybridized carbons (Fsp3) is 0.0476. The van der Waals surface area contributed by atoms with Gasteiger partial charge in [0.25, 0.3) is 0 Å². The quantitative estimate of drug-likeness (QED) is 0.393. The third-order valence-corrected chi connectivity index (χ3v) is 3.96. The summed E-state index contributed by atoms with van der Waals surface area (Å²) in [5.41, 5.74) is 2.31. The number of carboxylic acid groups (broad SMARTS) is 1. The minimum absolute atomic E-state index is 0. The van der Waals surface area contributed by atoms with Gasteiger partial charge in [0, 0.05) is 11.1 Å². The van der Waals surface area contributed by atoms with Gasteiger partial charge in [0.05, 0.1) is 5.97 Å². The third-order valence-electron chi connectivity index (χ3n) is 3.96. The first-order valence-corrected chi connectivity index (χ1v) is 7.59. The van der Waals surface area contributed by atoms with Crippen LogP contribution in [0.5, 0.6) is 0 Å². The van der Waals surface area contributed by atoms with Crippen molar-refractivity contribution in [1.29, 1.82) is 0 Å². The molecule has 3 nitrogen and oxygen atoms in total. The minimum atomic E-state index is -1.24. The van der Waals surface area contributed by atoms with Crippen molar-refractivity contribution in [2.45, 2.75) is 6.92 Å². The molecule has 0 heterocycles. The Morgan fingerprint density at radius 1 is 0.880 bits per heavy atom. The number of carboxylic acids is 1. The summed E-state index contributed by atoms with van der Waals surface area (Å²) in [6, 6.07) is 17.9. The Kier molecular flexibility index (Phi) is 6.32. The number of hydrogen-bond acceptors (Lipinski definition) is 3. The summed E-state index contributed by atoms with van der Waals surface area (Å²) < 4.78 is 0. The standard InChI is InChI=1S/C21H16O3.Na/c1-14-6-5-9-17-16(11-12-18(20(14)17)21(23)24)19(22)13-10-15-7-3-2-4-8-15;/h2-13H,1H3,(H,23,24);/q;+1/p-1/b13-10-;. The predicted octanol–water partition coefficient (Wildman–Crippen LogP) is 0.412. The van der Waals surface area contributed by atoms with Gasteiger partial charge in [0.2, 0.25) is 0 Å². The zero-order valence-electron chi connectivity index (χ0n) is 14.2. The molecule has 0 bridgehead atoms. The van der Waals surface area contributed by atoms with Gasteiger partial charge >= 0.3 is 29.6 Å². The van der Waals surface area contributed by atoms with Gasteiger partial charge in [-0.3, -0.25) is 4.79 Å². The molecule has 0 radical (unpaired) electrons. The van der Waals surface area contributed by atoms with Gasteiger partial charge < -0.3 is 9.90 Å². The van der Waals surface area contributed by atoms with E-state index in [-0.39, 0.29) is 40.9 Å². The number of aryl methyl sites for hydroxylation is 1. The predicted molar refractivity (Wildman–Crippen MR) is 92.8 cm³/mol. The largest absolute Gasteiger partial charge is 1.00 e. The summed E-state index contributed by atoms with van der Waals surface area (Å²) in [6.45, 7) is 1.82. The van der Waals surface area contributed by atoms with E-state index in [4.69, 9.17) is 0 Å². The van der Waals surface area contributed by atoms with Gasteiger partial charge in [0.1, 0.15) is 0 Å². The van der Waals surface area contributed by atoms with Crippen LogP contribution in [0.25, 0.3) is 16.8 Å². The maximum atomic E-state index is 12.6. The zero-order chi connectivity index (χ0) is 17.1. The molecule has 0 aliphatic rings. The molecular formula is C21H15NaO3. The van der Waals surface area contributed by atoms with Crippen molar-refractivity contribution in [3.63, 3.8) is 0 Å². The third kappa shape index (κ3) is 4.07. The van der Waals surface area contributed by atoms with Gasteiger partial charge in [-0.2, -0.15) is 0 Å². The molecule has 118 valence electrons. The maximum absolute atomic E-state index is 12.6. The first-order chi connectivity index (χ1) is 11.6. The zero-order valence-corrected chi connectivity index (χ0v) is 16.2. The van der Waals surface area contributed by atoms with Crippen LogP contribution >= 0.6 is 0 Å². The first kappa shape index (κ1) is 19.1. The van der Waals surface area contributed by atoms with Crippen molar-refractivity contribution in [1.82, 2.24) is 0 Å². The molecule has 4 heteroatoms. The van der Waals surface area contributed by atoms with Crippen LogP contribution in [-0.2, 0) is 0 Å². The van der Waals surface area contributed by atoms with Crippen molar-refractivity contribution in [2.24, 2.45) is 0 Å². The number of hydrogen-bond donors (Lipinski definition) is 0. The van der Waals surface area contributed by atoms with Crippen LogP contribution in [0.3, 0.4) is 0 Å². The number of carbonyl (C=O) groups excluding carboxylic acids is 2. The number of benzene rings is 3. The average Bonchev–Trinajstić information content (AvgIpc) is 2.60. The number of aromatic carboxylic acids is 1. The summed E-state index contributed by atoms with van der Waals surface area (Å²) in [7, 11) is 0. The number of rotatable bonds is 4. The first-order valence-electron chi connectivity index (χ1n) is 7.59. The molecule has 0 amide bonds. The van der Waals surface area contributed by atoms with Crippen LogP contribution in [0.2, 0.25) is 0 Å². The summed E-state index contributed by atoms with van der Waals surface area (Å²) in [6.07, 6.45) is 3.25. The smallest absolute Gasteiger partial charge is 0.545 e. The number of fused-ring (bicyclic) bond motifs is 1. The molecule has 0 fully saturated rings. The van der Waals surface area contributed by atoms with E-state index >= 15 is 0 Å². The van der Waals surface area contributed by atoms with E-state index < -0.39 is 5.97 Å². The van der Waals surface area contributed by atoms with E-state index in [9.17, 15) is 14.7 Å². The second kappa shape index (κ2) is 8.26. The maximum Gasteiger partial charge on any atom is 1.00 e. The van der Waals surface area contributed by atoms with Gasteiger partial charge in [-0.1, -0.05) is 60.7 Å². The van der Waals surface area contributed by atoms with Gasteiger partial charge in [-0.15, -0.1) is 0 Å². The fourth-order valence-corrected chi connectivity index (χ4v) is 2.80. The van der Waals surface area contributed by atoms with Gasteiger partial charge in [0.15, 0.2) is 5.78 Å². The summed E-state index contributed by atoms with van der Waals surface area (Å²) in [5, 5.41) is 12.5. The summed E-state index contributed by atoms with van der Waals surface area (Å²) >= 11 is 0. The Morgan fingerprint density at radius 2 is 1.56 bits per heavy atom. The molecule has 0 spiro atoms. The SMILES string of the molecule is Cc1cccc2c(C(=O)/C=C\c3ccccc3)ccc(C(=O)[O-])c12.[Na+]. The molecule has 0 atom stereocenters. The molecule has 0 aromatic heterocycles. The van der Waals surface area contributed by atoms with Gasteiger partial charge in [-0.05, 0) is 41.0 Å². The van der Waals surface area contributed by atoms with E-state index in [0.29, 0.717) is 16.3 Å². The molecule has 0 saturated carbocycles. The van der Waals surface area contributed by atoms with E-state index in [2.05, 4.69) is 0 Å². The Balaban J connectivity index is 0.00000225. The number of allylic oxidation sites excluding steroid dienone is 1. The molecule has 3 aromatic carbocycles. The molecular weight excluding hydrogens is 323 g/mol. The van der Waals surface area contributed by atoms with Crippen molar-refractivity contribution in [2.75, 3.05) is 0 Å². The Morgan fingerprint density at radius 3 is 2.24 bits per heavy atom. The Bertz CT molecular complexity index is 960. The molecule has 0 aliphatic carbocycles. The molecule has 25 heavy (non-hydrogen) atoms. The second-order valence-corrected chi connectivity index (χ2v) is 5.55. The van der Waals surface area contributed by atoms with Crippen LogP contribution in [0.4, 0.5) is 0 Å². The summed E-state index contributed by atoms with van der Waals surface area (Å²) in [5.74, 6) is -1.41. The van der Waals surface area contributed by atoms with Crippen molar-refractivity contribution in [3.8, 4) is 0 Å². The Labute approximate surface area is 168 Å². The molecule has 3 aromatic rings. The molecule has 0 unspecified atom stereocenters. The van der Waals surface area contributed by atoms with Crippen LogP contribution in [0, 0.1) is 6.92 Å². The van der Waals surface area contributed by atoms with E-state index in [1.165, 1.54) is 12.1 Å². The molecule has 0 N–H and O–H groups in total. The molecule has 3 rings (SSSR count). The Hall–Kier alpha value is -2.20. The van der Waals surface area contributed by atoms with E-state index in [1.807, 2.05) is 49.4 Å². The van der Waals surface area contributed by atoms with Crippen molar-refractivity contribution >= 4 is 28.6 Å². The van der Waals surface area contributed by atoms with Crippen LogP contribution in [0.15, 0.2) is 66.7 Å². The second-order valence-electron chi connectivity index (χ2n) is 5.55. The van der Waals surface area contributed by atoms with Crippen LogP contribution in [0.1, 0.15) is 31.8 Å².